The minimum Gasteiger partial charge on any atom is -0.480 e. The van der Waals surface area contributed by atoms with Crippen molar-refractivity contribution in [2.75, 3.05) is 6.54 Å². The first-order valence-corrected chi connectivity index (χ1v) is 7.33. The lowest BCUT2D eigenvalue weighted by Crippen LogP contribution is -2.54. The molecule has 2 saturated heterocycles. The van der Waals surface area contributed by atoms with Gasteiger partial charge in [0.15, 0.2) is 0 Å². The number of nitrogens with zero attached hydrogens (tertiary/aromatic N) is 2. The van der Waals surface area contributed by atoms with Crippen molar-refractivity contribution >= 4 is 17.8 Å². The van der Waals surface area contributed by atoms with Gasteiger partial charge in [-0.05, 0) is 31.6 Å². The summed E-state index contributed by atoms with van der Waals surface area (Å²) in [7, 11) is 0. The number of piperidine rings is 1. The van der Waals surface area contributed by atoms with Gasteiger partial charge in [0, 0.05) is 12.6 Å². The van der Waals surface area contributed by atoms with E-state index in [0.29, 0.717) is 18.9 Å². The van der Waals surface area contributed by atoms with Crippen LogP contribution in [0.5, 0.6) is 0 Å². The first-order valence-electron chi connectivity index (χ1n) is 7.33. The lowest BCUT2D eigenvalue weighted by molar-refractivity contribution is -0.148. The maximum Gasteiger partial charge on any atom is 0.320 e. The van der Waals surface area contributed by atoms with E-state index in [0.717, 1.165) is 19.3 Å². The highest BCUT2D eigenvalue weighted by Crippen LogP contribution is 2.35. The highest BCUT2D eigenvalue weighted by Gasteiger charge is 2.50. The Morgan fingerprint density at radius 3 is 2.55 bits per heavy atom. The number of carboxylic acid groups (broad SMARTS) is 1. The molecular weight excluding hydrogens is 260 g/mol. The summed E-state index contributed by atoms with van der Waals surface area (Å²) in [4.78, 5) is 39.0. The van der Waals surface area contributed by atoms with Gasteiger partial charge in [0.05, 0.1) is 12.5 Å². The summed E-state index contributed by atoms with van der Waals surface area (Å²) in [6.45, 7) is 2.62. The van der Waals surface area contributed by atoms with Gasteiger partial charge in [-0.15, -0.1) is 0 Å². The molecule has 1 saturated carbocycles. The summed E-state index contributed by atoms with van der Waals surface area (Å²) in [6, 6.07) is -1.12. The van der Waals surface area contributed by atoms with Crippen LogP contribution in [0.2, 0.25) is 0 Å². The van der Waals surface area contributed by atoms with Gasteiger partial charge in [0.2, 0.25) is 11.8 Å². The Labute approximate surface area is 117 Å². The minimum absolute atomic E-state index is 0.0759. The minimum atomic E-state index is -0.887. The monoisotopic (exact) mass is 280 g/mol. The van der Waals surface area contributed by atoms with Crippen LogP contribution >= 0.6 is 0 Å². The van der Waals surface area contributed by atoms with Crippen LogP contribution in [-0.4, -0.2) is 57.4 Å². The van der Waals surface area contributed by atoms with Crippen molar-refractivity contribution in [1.82, 2.24) is 9.80 Å². The van der Waals surface area contributed by atoms with Crippen molar-refractivity contribution in [3.63, 3.8) is 0 Å². The maximum absolute atomic E-state index is 12.4. The number of likely N-dealkylation sites (tertiary alicyclic amines) is 2. The topological polar surface area (TPSA) is 77.9 Å². The second kappa shape index (κ2) is 4.84. The number of carbonyl (C=O) groups excluding carboxylic acids is 2. The molecule has 3 aliphatic rings. The molecule has 6 nitrogen and oxygen atoms in total. The molecule has 0 radical (unpaired) electrons. The summed E-state index contributed by atoms with van der Waals surface area (Å²) in [5.41, 5.74) is 0. The fourth-order valence-corrected chi connectivity index (χ4v) is 3.39. The molecule has 20 heavy (non-hydrogen) atoms. The molecule has 0 aromatic carbocycles. The van der Waals surface area contributed by atoms with E-state index in [1.165, 1.54) is 4.90 Å². The van der Waals surface area contributed by atoms with E-state index in [2.05, 4.69) is 0 Å². The molecule has 2 aliphatic heterocycles. The standard InChI is InChI=1S/C14H20N2O4/c1-8-4-5-15(11(6-8)14(19)20)10-7-12(17)16(13(10)18)9-2-3-9/h8-11H,2-7H2,1H3,(H,19,20). The molecule has 3 fully saturated rings. The third kappa shape index (κ3) is 2.22. The lowest BCUT2D eigenvalue weighted by atomic mass is 9.91. The molecule has 0 aromatic heterocycles. The molecule has 6 heteroatoms. The normalized spacial score (nSPS) is 35.6. The van der Waals surface area contributed by atoms with Crippen molar-refractivity contribution in [3.8, 4) is 0 Å². The summed E-state index contributed by atoms with van der Waals surface area (Å²) < 4.78 is 0. The number of rotatable bonds is 3. The summed E-state index contributed by atoms with van der Waals surface area (Å²) in [5.74, 6) is -0.857. The van der Waals surface area contributed by atoms with E-state index in [4.69, 9.17) is 0 Å². The molecule has 2 amide bonds. The molecule has 3 rings (SSSR count). The van der Waals surface area contributed by atoms with E-state index in [1.54, 1.807) is 4.90 Å². The maximum atomic E-state index is 12.4. The first kappa shape index (κ1) is 13.5. The number of hydrogen-bond acceptors (Lipinski definition) is 4. The molecule has 0 spiro atoms. The third-order valence-electron chi connectivity index (χ3n) is 4.66. The van der Waals surface area contributed by atoms with Crippen LogP contribution in [0.4, 0.5) is 0 Å². The number of imide groups is 1. The van der Waals surface area contributed by atoms with Crippen LogP contribution in [0.1, 0.15) is 39.0 Å². The van der Waals surface area contributed by atoms with Crippen molar-refractivity contribution in [2.45, 2.75) is 57.2 Å². The third-order valence-corrected chi connectivity index (χ3v) is 4.66. The van der Waals surface area contributed by atoms with Crippen LogP contribution in [0.25, 0.3) is 0 Å². The Kier molecular flexibility index (Phi) is 3.28. The van der Waals surface area contributed by atoms with Crippen LogP contribution in [0.3, 0.4) is 0 Å². The largest absolute Gasteiger partial charge is 0.480 e. The Hall–Kier alpha value is -1.43. The quantitative estimate of drug-likeness (QED) is 0.760. The van der Waals surface area contributed by atoms with E-state index < -0.39 is 18.1 Å². The number of amides is 2. The van der Waals surface area contributed by atoms with Gasteiger partial charge in [-0.25, -0.2) is 0 Å². The highest BCUT2D eigenvalue weighted by molar-refractivity contribution is 6.06. The predicted octanol–water partition coefficient (Wildman–Crippen LogP) is 0.461. The molecule has 1 aliphatic carbocycles. The average Bonchev–Trinajstić information content (AvgIpc) is 3.16. The van der Waals surface area contributed by atoms with Crippen LogP contribution in [0, 0.1) is 5.92 Å². The molecule has 3 unspecified atom stereocenters. The summed E-state index contributed by atoms with van der Waals surface area (Å²) in [5, 5.41) is 9.37. The van der Waals surface area contributed by atoms with Crippen molar-refractivity contribution in [3.05, 3.63) is 0 Å². The molecule has 2 heterocycles. The zero-order valence-electron chi connectivity index (χ0n) is 11.6. The van der Waals surface area contributed by atoms with E-state index in [1.807, 2.05) is 6.92 Å². The molecule has 0 aromatic rings. The summed E-state index contributed by atoms with van der Waals surface area (Å²) >= 11 is 0. The van der Waals surface area contributed by atoms with Gasteiger partial charge in [-0.3, -0.25) is 24.2 Å². The zero-order chi connectivity index (χ0) is 14.4. The predicted molar refractivity (Wildman–Crippen MR) is 69.8 cm³/mol. The average molecular weight is 280 g/mol. The smallest absolute Gasteiger partial charge is 0.320 e. The SMILES string of the molecule is CC1CCN(C2CC(=O)N(C3CC3)C2=O)C(C(=O)O)C1. The van der Waals surface area contributed by atoms with Crippen molar-refractivity contribution < 1.29 is 19.5 Å². The fraction of sp³-hybridized carbons (Fsp3) is 0.786. The van der Waals surface area contributed by atoms with Gasteiger partial charge >= 0.3 is 5.97 Å². The fourth-order valence-electron chi connectivity index (χ4n) is 3.39. The summed E-state index contributed by atoms with van der Waals surface area (Å²) in [6.07, 6.45) is 3.36. The van der Waals surface area contributed by atoms with Crippen molar-refractivity contribution in [1.29, 1.82) is 0 Å². The van der Waals surface area contributed by atoms with Crippen molar-refractivity contribution in [2.24, 2.45) is 5.92 Å². The second-order valence-electron chi connectivity index (χ2n) is 6.27. The molecule has 3 atom stereocenters. The number of hydrogen-bond donors (Lipinski definition) is 1. The van der Waals surface area contributed by atoms with E-state index >= 15 is 0 Å². The molecule has 1 N–H and O–H groups in total. The van der Waals surface area contributed by atoms with Gasteiger partial charge in [-0.2, -0.15) is 0 Å². The molecular formula is C14H20N2O4. The van der Waals surface area contributed by atoms with Crippen LogP contribution in [0.15, 0.2) is 0 Å². The Bertz CT molecular complexity index is 460. The number of aliphatic carboxylic acids is 1. The van der Waals surface area contributed by atoms with Gasteiger partial charge in [0.25, 0.3) is 0 Å². The second-order valence-corrected chi connectivity index (χ2v) is 6.27. The lowest BCUT2D eigenvalue weighted by Gasteiger charge is -2.38. The van der Waals surface area contributed by atoms with Gasteiger partial charge in [0.1, 0.15) is 6.04 Å². The zero-order valence-corrected chi connectivity index (χ0v) is 11.6. The molecule has 0 bridgehead atoms. The number of carbonyl (C=O) groups is 3. The van der Waals surface area contributed by atoms with Gasteiger partial charge < -0.3 is 5.11 Å². The van der Waals surface area contributed by atoms with Crippen LogP contribution in [-0.2, 0) is 14.4 Å². The Balaban J connectivity index is 1.79. The van der Waals surface area contributed by atoms with E-state index in [-0.39, 0.29) is 24.3 Å². The molecule has 110 valence electrons. The van der Waals surface area contributed by atoms with E-state index in [9.17, 15) is 19.5 Å². The van der Waals surface area contributed by atoms with Crippen LogP contribution < -0.4 is 0 Å². The van der Waals surface area contributed by atoms with Gasteiger partial charge in [-0.1, -0.05) is 6.92 Å². The number of carboxylic acids is 1. The Morgan fingerprint density at radius 2 is 1.95 bits per heavy atom. The first-order chi connectivity index (χ1) is 9.49. The highest BCUT2D eigenvalue weighted by atomic mass is 16.4. The Morgan fingerprint density at radius 1 is 1.25 bits per heavy atom.